The predicted octanol–water partition coefficient (Wildman–Crippen LogP) is 3.35. The van der Waals surface area contributed by atoms with Crippen LogP contribution in [0.4, 0.5) is 23.1 Å². The van der Waals surface area contributed by atoms with Gasteiger partial charge in [-0.1, -0.05) is 12.1 Å². The van der Waals surface area contributed by atoms with E-state index in [9.17, 15) is 8.42 Å². The molecule has 1 fully saturated rings. The van der Waals surface area contributed by atoms with Crippen molar-refractivity contribution in [1.82, 2.24) is 19.6 Å². The average Bonchev–Trinajstić information content (AvgIpc) is 2.91. The molecule has 2 aromatic carbocycles. The summed E-state index contributed by atoms with van der Waals surface area (Å²) in [5.74, 6) is 1.93. The van der Waals surface area contributed by atoms with Crippen molar-refractivity contribution in [1.29, 1.82) is 0 Å². The van der Waals surface area contributed by atoms with Crippen molar-refractivity contribution in [3.8, 4) is 11.5 Å². The van der Waals surface area contributed by atoms with Gasteiger partial charge in [0.1, 0.15) is 28.8 Å². The summed E-state index contributed by atoms with van der Waals surface area (Å²) in [7, 11) is -0.735. The van der Waals surface area contributed by atoms with Crippen LogP contribution in [0.25, 0.3) is 0 Å². The second-order valence-electron chi connectivity index (χ2n) is 8.01. The van der Waals surface area contributed by atoms with Crippen LogP contribution in [0.1, 0.15) is 0 Å². The van der Waals surface area contributed by atoms with Gasteiger partial charge in [0.15, 0.2) is 0 Å². The summed E-state index contributed by atoms with van der Waals surface area (Å²) >= 11 is 3.43. The normalized spacial score (nSPS) is 14.2. The number of nitrogens with zero attached hydrogens (tertiary/aromatic N) is 3. The van der Waals surface area contributed by atoms with Crippen molar-refractivity contribution in [2.45, 2.75) is 4.90 Å². The van der Waals surface area contributed by atoms with Gasteiger partial charge in [-0.2, -0.15) is 4.98 Å². The van der Waals surface area contributed by atoms with Crippen molar-refractivity contribution < 1.29 is 22.6 Å². The number of anilines is 4. The number of methoxy groups -OCH3 is 1. The minimum atomic E-state index is -3.68. The number of halogens is 1. The van der Waals surface area contributed by atoms with Gasteiger partial charge in [0.2, 0.25) is 16.0 Å². The molecule has 0 radical (unpaired) electrons. The molecule has 0 aliphatic carbocycles. The Morgan fingerprint density at radius 2 is 1.89 bits per heavy atom. The summed E-state index contributed by atoms with van der Waals surface area (Å²) in [4.78, 5) is 11.3. The quantitative estimate of drug-likeness (QED) is 0.305. The molecule has 198 valence electrons. The lowest BCUT2D eigenvalue weighted by atomic mass is 10.2. The van der Waals surface area contributed by atoms with Crippen molar-refractivity contribution in [3.63, 3.8) is 0 Å². The van der Waals surface area contributed by atoms with Gasteiger partial charge in [-0.05, 0) is 47.2 Å². The molecule has 1 aliphatic heterocycles. The molecule has 37 heavy (non-hydrogen) atoms. The van der Waals surface area contributed by atoms with Gasteiger partial charge in [0, 0.05) is 31.9 Å². The summed E-state index contributed by atoms with van der Waals surface area (Å²) in [6, 6.07) is 12.0. The molecule has 3 aromatic rings. The van der Waals surface area contributed by atoms with E-state index in [1.54, 1.807) is 31.5 Å². The molecule has 0 spiro atoms. The minimum Gasteiger partial charge on any atom is -0.495 e. The van der Waals surface area contributed by atoms with E-state index in [0.29, 0.717) is 39.8 Å². The first-order valence-electron chi connectivity index (χ1n) is 11.6. The smallest absolute Gasteiger partial charge is 0.242 e. The summed E-state index contributed by atoms with van der Waals surface area (Å²) < 4.78 is 44.6. The van der Waals surface area contributed by atoms with Crippen LogP contribution < -0.4 is 24.8 Å². The Kier molecular flexibility index (Phi) is 9.16. The molecule has 0 atom stereocenters. The van der Waals surface area contributed by atoms with E-state index in [1.807, 2.05) is 18.2 Å². The maximum atomic E-state index is 12.4. The van der Waals surface area contributed by atoms with Gasteiger partial charge in [0.25, 0.3) is 0 Å². The summed E-state index contributed by atoms with van der Waals surface area (Å²) in [6.45, 7) is 4.66. The van der Waals surface area contributed by atoms with Crippen molar-refractivity contribution >= 4 is 49.1 Å². The Morgan fingerprint density at radius 3 is 2.65 bits per heavy atom. The van der Waals surface area contributed by atoms with Gasteiger partial charge in [-0.15, -0.1) is 0 Å². The van der Waals surface area contributed by atoms with Gasteiger partial charge in [-0.3, -0.25) is 4.90 Å². The SMILES string of the molecule is CNS(=O)(=O)c1ccccc1Nc1nc(Nc2cc(OCCN3CCOCC3)ccc2OC)ncc1Br. The molecule has 3 N–H and O–H groups in total. The molecule has 4 rings (SSSR count). The average molecular weight is 594 g/mol. The number of rotatable bonds is 11. The monoisotopic (exact) mass is 592 g/mol. The van der Waals surface area contributed by atoms with Crippen LogP contribution in [0.5, 0.6) is 11.5 Å². The third-order valence-electron chi connectivity index (χ3n) is 5.64. The number of nitrogens with one attached hydrogen (secondary N) is 3. The molecule has 2 heterocycles. The highest BCUT2D eigenvalue weighted by molar-refractivity contribution is 9.10. The maximum Gasteiger partial charge on any atom is 0.242 e. The van der Waals surface area contributed by atoms with Crippen LogP contribution in [-0.2, 0) is 14.8 Å². The fourth-order valence-electron chi connectivity index (χ4n) is 3.67. The molecule has 1 aromatic heterocycles. The van der Waals surface area contributed by atoms with Crippen LogP contribution in [0, 0.1) is 0 Å². The zero-order valence-electron chi connectivity index (χ0n) is 20.5. The first kappa shape index (κ1) is 27.1. The minimum absolute atomic E-state index is 0.0983. The number of para-hydroxylation sites is 1. The molecular weight excluding hydrogens is 564 g/mol. The van der Waals surface area contributed by atoms with Crippen LogP contribution in [0.3, 0.4) is 0 Å². The van der Waals surface area contributed by atoms with Crippen LogP contribution >= 0.6 is 15.9 Å². The Bertz CT molecular complexity index is 1320. The highest BCUT2D eigenvalue weighted by Crippen LogP contribution is 2.33. The Hall–Kier alpha value is -2.97. The topological polar surface area (TPSA) is 127 Å². The lowest BCUT2D eigenvalue weighted by Crippen LogP contribution is -2.38. The summed E-state index contributed by atoms with van der Waals surface area (Å²) in [6.07, 6.45) is 1.57. The summed E-state index contributed by atoms with van der Waals surface area (Å²) in [5, 5.41) is 6.25. The largest absolute Gasteiger partial charge is 0.495 e. The lowest BCUT2D eigenvalue weighted by Gasteiger charge is -2.26. The number of benzene rings is 2. The predicted molar refractivity (Wildman–Crippen MR) is 145 cm³/mol. The Balaban J connectivity index is 1.50. The standard InChI is InChI=1S/C24H29BrN6O5S/c1-26-37(32,33)22-6-4-3-5-19(22)28-23-18(25)16-27-24(30-23)29-20-15-17(7-8-21(20)34-2)36-14-11-31-9-12-35-13-10-31/h3-8,15-16,26H,9-14H2,1-2H3,(H2,27,28,29,30). The van der Waals surface area contributed by atoms with Crippen molar-refractivity contribution in [3.05, 3.63) is 53.1 Å². The van der Waals surface area contributed by atoms with Crippen LogP contribution in [0.2, 0.25) is 0 Å². The molecule has 1 saturated heterocycles. The third-order valence-corrected chi connectivity index (χ3v) is 7.69. The fourth-order valence-corrected chi connectivity index (χ4v) is 4.85. The van der Waals surface area contributed by atoms with Crippen molar-refractivity contribution in [2.24, 2.45) is 0 Å². The summed E-state index contributed by atoms with van der Waals surface area (Å²) in [5.41, 5.74) is 0.994. The number of morpholine rings is 1. The first-order valence-corrected chi connectivity index (χ1v) is 13.9. The lowest BCUT2D eigenvalue weighted by molar-refractivity contribution is 0.0322. The number of hydrogen-bond donors (Lipinski definition) is 3. The highest BCUT2D eigenvalue weighted by Gasteiger charge is 2.18. The van der Waals surface area contributed by atoms with Crippen molar-refractivity contribution in [2.75, 3.05) is 64.2 Å². The molecule has 11 nitrogen and oxygen atoms in total. The van der Waals surface area contributed by atoms with Gasteiger partial charge in [0.05, 0.1) is 36.2 Å². The molecule has 0 saturated carbocycles. The second-order valence-corrected chi connectivity index (χ2v) is 10.7. The zero-order valence-corrected chi connectivity index (χ0v) is 22.9. The maximum absolute atomic E-state index is 12.4. The van der Waals surface area contributed by atoms with Crippen LogP contribution in [0.15, 0.2) is 58.0 Å². The van der Waals surface area contributed by atoms with Gasteiger partial charge < -0.3 is 24.8 Å². The number of aromatic nitrogens is 2. The van der Waals surface area contributed by atoms with E-state index in [2.05, 4.69) is 46.2 Å². The molecule has 13 heteroatoms. The van der Waals surface area contributed by atoms with Crippen LogP contribution in [-0.4, -0.2) is 76.9 Å². The Labute approximate surface area is 224 Å². The second kappa shape index (κ2) is 12.5. The van der Waals surface area contributed by atoms with E-state index in [4.69, 9.17) is 14.2 Å². The number of hydrogen-bond acceptors (Lipinski definition) is 10. The molecule has 0 unspecified atom stereocenters. The van der Waals surface area contributed by atoms with Gasteiger partial charge in [-0.25, -0.2) is 18.1 Å². The zero-order chi connectivity index (χ0) is 26.3. The van der Waals surface area contributed by atoms with Gasteiger partial charge >= 0.3 is 0 Å². The van der Waals surface area contributed by atoms with E-state index in [1.165, 1.54) is 13.1 Å². The van der Waals surface area contributed by atoms with E-state index in [-0.39, 0.29) is 10.8 Å². The van der Waals surface area contributed by atoms with E-state index >= 15 is 0 Å². The first-order chi connectivity index (χ1) is 17.9. The molecular formula is C24H29BrN6O5S. The van der Waals surface area contributed by atoms with E-state index in [0.717, 1.165) is 32.8 Å². The number of ether oxygens (including phenoxy) is 3. The molecule has 0 bridgehead atoms. The van der Waals surface area contributed by atoms with E-state index < -0.39 is 10.0 Å². The molecule has 1 aliphatic rings. The Morgan fingerprint density at radius 1 is 1.11 bits per heavy atom. The number of sulfonamides is 1. The highest BCUT2D eigenvalue weighted by atomic mass is 79.9. The third kappa shape index (κ3) is 7.08. The molecule has 0 amide bonds. The fraction of sp³-hybridized carbons (Fsp3) is 0.333.